The minimum atomic E-state index is -0.413. The van der Waals surface area contributed by atoms with Crippen LogP contribution < -0.4 is 5.32 Å². The number of imide groups is 1. The number of carbonyl (C=O) groups excluding carboxylic acids is 2. The highest BCUT2D eigenvalue weighted by Crippen LogP contribution is 2.18. The highest BCUT2D eigenvalue weighted by molar-refractivity contribution is 6.05. The van der Waals surface area contributed by atoms with Crippen molar-refractivity contribution in [1.29, 1.82) is 0 Å². The number of likely N-dealkylation sites (tertiary alicyclic amines) is 1. The number of hydrogen-bond donors (Lipinski definition) is 1. The molecule has 2 heterocycles. The number of carbonyl (C=O) groups is 2. The standard InChI is InChI=1S/C14H19N3O2/c1-3-10(2)17-13(18)8-12(14(17)19)16-9-11-6-4-5-7-15-11/h4-7,10,12,16H,3,8-9H2,1-2H3. The number of amides is 2. The molecule has 1 aliphatic heterocycles. The molecule has 2 atom stereocenters. The molecule has 2 unspecified atom stereocenters. The molecule has 0 aliphatic carbocycles. The maximum atomic E-state index is 12.2. The van der Waals surface area contributed by atoms with E-state index in [-0.39, 0.29) is 24.3 Å². The van der Waals surface area contributed by atoms with Crippen LogP contribution in [0.2, 0.25) is 0 Å². The van der Waals surface area contributed by atoms with E-state index in [0.717, 1.165) is 12.1 Å². The highest BCUT2D eigenvalue weighted by Gasteiger charge is 2.40. The Morgan fingerprint density at radius 2 is 2.26 bits per heavy atom. The van der Waals surface area contributed by atoms with Crippen molar-refractivity contribution < 1.29 is 9.59 Å². The maximum absolute atomic E-state index is 12.2. The third-order valence-electron chi connectivity index (χ3n) is 3.47. The largest absolute Gasteiger partial charge is 0.300 e. The van der Waals surface area contributed by atoms with Gasteiger partial charge in [0.25, 0.3) is 0 Å². The molecule has 0 saturated carbocycles. The Hall–Kier alpha value is -1.75. The molecule has 0 aromatic carbocycles. The van der Waals surface area contributed by atoms with Gasteiger partial charge in [0.1, 0.15) is 0 Å². The second-order valence-electron chi connectivity index (χ2n) is 4.82. The zero-order valence-corrected chi connectivity index (χ0v) is 11.3. The number of aromatic nitrogens is 1. The average molecular weight is 261 g/mol. The van der Waals surface area contributed by atoms with Crippen LogP contribution in [0.15, 0.2) is 24.4 Å². The van der Waals surface area contributed by atoms with E-state index in [1.54, 1.807) is 6.20 Å². The zero-order chi connectivity index (χ0) is 13.8. The molecule has 5 nitrogen and oxygen atoms in total. The van der Waals surface area contributed by atoms with E-state index in [1.165, 1.54) is 4.90 Å². The van der Waals surface area contributed by atoms with Crippen LogP contribution in [0.1, 0.15) is 32.4 Å². The predicted octanol–water partition coefficient (Wildman–Crippen LogP) is 1.10. The molecule has 1 fully saturated rings. The fourth-order valence-corrected chi connectivity index (χ4v) is 2.19. The predicted molar refractivity (Wildman–Crippen MR) is 71.1 cm³/mol. The van der Waals surface area contributed by atoms with Gasteiger partial charge in [0.15, 0.2) is 0 Å². The van der Waals surface area contributed by atoms with E-state index in [0.29, 0.717) is 6.54 Å². The van der Waals surface area contributed by atoms with Crippen LogP contribution in [0.25, 0.3) is 0 Å². The second kappa shape index (κ2) is 5.93. The summed E-state index contributed by atoms with van der Waals surface area (Å²) in [6.45, 7) is 4.37. The lowest BCUT2D eigenvalue weighted by Gasteiger charge is -2.21. The van der Waals surface area contributed by atoms with Crippen molar-refractivity contribution in [3.05, 3.63) is 30.1 Å². The summed E-state index contributed by atoms with van der Waals surface area (Å²) in [4.78, 5) is 29.6. The molecular weight excluding hydrogens is 242 g/mol. The minimum Gasteiger partial charge on any atom is -0.300 e. The van der Waals surface area contributed by atoms with Gasteiger partial charge in [0.05, 0.1) is 18.2 Å². The monoisotopic (exact) mass is 261 g/mol. The third-order valence-corrected chi connectivity index (χ3v) is 3.47. The van der Waals surface area contributed by atoms with Gasteiger partial charge >= 0.3 is 0 Å². The van der Waals surface area contributed by atoms with Crippen LogP contribution >= 0.6 is 0 Å². The van der Waals surface area contributed by atoms with Crippen molar-refractivity contribution in [3.8, 4) is 0 Å². The van der Waals surface area contributed by atoms with Gasteiger partial charge in [0, 0.05) is 18.8 Å². The first kappa shape index (κ1) is 13.7. The molecule has 1 aliphatic rings. The van der Waals surface area contributed by atoms with E-state index >= 15 is 0 Å². The molecule has 0 spiro atoms. The first-order valence-corrected chi connectivity index (χ1v) is 6.62. The molecule has 1 N–H and O–H groups in total. The smallest absolute Gasteiger partial charge is 0.247 e. The first-order valence-electron chi connectivity index (χ1n) is 6.62. The lowest BCUT2D eigenvalue weighted by atomic mass is 10.2. The van der Waals surface area contributed by atoms with Gasteiger partial charge < -0.3 is 0 Å². The lowest BCUT2D eigenvalue weighted by molar-refractivity contribution is -0.141. The van der Waals surface area contributed by atoms with Crippen molar-refractivity contribution in [2.45, 2.75) is 45.3 Å². The topological polar surface area (TPSA) is 62.3 Å². The molecule has 102 valence electrons. The van der Waals surface area contributed by atoms with Crippen LogP contribution in [0.3, 0.4) is 0 Å². The second-order valence-corrected chi connectivity index (χ2v) is 4.82. The van der Waals surface area contributed by atoms with Crippen LogP contribution in [0.5, 0.6) is 0 Å². The van der Waals surface area contributed by atoms with Crippen molar-refractivity contribution in [3.63, 3.8) is 0 Å². The maximum Gasteiger partial charge on any atom is 0.247 e. The van der Waals surface area contributed by atoms with Crippen LogP contribution in [-0.2, 0) is 16.1 Å². The number of rotatable bonds is 5. The Morgan fingerprint density at radius 1 is 1.47 bits per heavy atom. The fourth-order valence-electron chi connectivity index (χ4n) is 2.19. The molecule has 1 saturated heterocycles. The Bertz CT molecular complexity index is 461. The third kappa shape index (κ3) is 2.98. The summed E-state index contributed by atoms with van der Waals surface area (Å²) in [5.74, 6) is -0.201. The van der Waals surface area contributed by atoms with Crippen molar-refractivity contribution in [1.82, 2.24) is 15.2 Å². The quantitative estimate of drug-likeness (QED) is 0.806. The van der Waals surface area contributed by atoms with Gasteiger partial charge in [-0.2, -0.15) is 0 Å². The molecule has 0 radical (unpaired) electrons. The van der Waals surface area contributed by atoms with Gasteiger partial charge in [0.2, 0.25) is 11.8 Å². The van der Waals surface area contributed by atoms with E-state index in [4.69, 9.17) is 0 Å². The molecule has 19 heavy (non-hydrogen) atoms. The summed E-state index contributed by atoms with van der Waals surface area (Å²) in [5, 5.41) is 3.11. The summed E-state index contributed by atoms with van der Waals surface area (Å²) in [6.07, 6.45) is 2.74. The summed E-state index contributed by atoms with van der Waals surface area (Å²) in [5.41, 5.74) is 0.865. The fraction of sp³-hybridized carbons (Fsp3) is 0.500. The summed E-state index contributed by atoms with van der Waals surface area (Å²) in [6, 6.07) is 5.20. The molecule has 2 rings (SSSR count). The van der Waals surface area contributed by atoms with E-state index in [9.17, 15) is 9.59 Å². The summed E-state index contributed by atoms with van der Waals surface area (Å²) < 4.78 is 0. The molecule has 0 bridgehead atoms. The van der Waals surface area contributed by atoms with Gasteiger partial charge in [-0.3, -0.25) is 24.8 Å². The molecule has 5 heteroatoms. The van der Waals surface area contributed by atoms with Crippen molar-refractivity contribution in [2.75, 3.05) is 0 Å². The molecule has 1 aromatic rings. The molecular formula is C14H19N3O2. The van der Waals surface area contributed by atoms with Crippen LogP contribution in [-0.4, -0.2) is 33.8 Å². The SMILES string of the molecule is CCC(C)N1C(=O)CC(NCc2ccccn2)C1=O. The van der Waals surface area contributed by atoms with E-state index in [1.807, 2.05) is 32.0 Å². The van der Waals surface area contributed by atoms with E-state index < -0.39 is 6.04 Å². The zero-order valence-electron chi connectivity index (χ0n) is 11.3. The Labute approximate surface area is 113 Å². The van der Waals surface area contributed by atoms with Gasteiger partial charge in [-0.1, -0.05) is 13.0 Å². The van der Waals surface area contributed by atoms with Gasteiger partial charge in [-0.25, -0.2) is 0 Å². The van der Waals surface area contributed by atoms with Crippen molar-refractivity contribution >= 4 is 11.8 Å². The Kier molecular flexibility index (Phi) is 4.27. The number of hydrogen-bond acceptors (Lipinski definition) is 4. The number of nitrogens with one attached hydrogen (secondary N) is 1. The Morgan fingerprint density at radius 3 is 2.89 bits per heavy atom. The van der Waals surface area contributed by atoms with Crippen LogP contribution in [0.4, 0.5) is 0 Å². The summed E-state index contributed by atoms with van der Waals surface area (Å²) >= 11 is 0. The van der Waals surface area contributed by atoms with Crippen molar-refractivity contribution in [2.24, 2.45) is 0 Å². The number of pyridine rings is 1. The van der Waals surface area contributed by atoms with Gasteiger partial charge in [-0.05, 0) is 25.5 Å². The normalized spacial score (nSPS) is 20.9. The summed E-state index contributed by atoms with van der Waals surface area (Å²) in [7, 11) is 0. The molecule has 1 aromatic heterocycles. The Balaban J connectivity index is 1.96. The number of nitrogens with zero attached hydrogens (tertiary/aromatic N) is 2. The average Bonchev–Trinajstić information content (AvgIpc) is 2.71. The van der Waals surface area contributed by atoms with Crippen LogP contribution in [0, 0.1) is 0 Å². The van der Waals surface area contributed by atoms with E-state index in [2.05, 4.69) is 10.3 Å². The minimum absolute atomic E-state index is 0.0262. The lowest BCUT2D eigenvalue weighted by Crippen LogP contribution is -2.42. The molecule has 2 amide bonds. The first-order chi connectivity index (χ1) is 9.13. The highest BCUT2D eigenvalue weighted by atomic mass is 16.2. The van der Waals surface area contributed by atoms with Gasteiger partial charge in [-0.15, -0.1) is 0 Å².